The normalized spacial score (nSPS) is 10.3. The molecular weight excluding hydrogens is 375 g/mol. The summed E-state index contributed by atoms with van der Waals surface area (Å²) in [5.41, 5.74) is 8.52. The highest BCUT2D eigenvalue weighted by Crippen LogP contribution is 2.25. The molecule has 0 unspecified atom stereocenters. The molecule has 0 atom stereocenters. The lowest BCUT2D eigenvalue weighted by atomic mass is 10.1. The first-order valence-corrected chi connectivity index (χ1v) is 7.06. The van der Waals surface area contributed by atoms with Gasteiger partial charge in [0, 0.05) is 8.59 Å². The molecule has 19 heavy (non-hydrogen) atoms. The first-order chi connectivity index (χ1) is 8.99. The maximum absolute atomic E-state index is 12.3. The van der Waals surface area contributed by atoms with Gasteiger partial charge in [0.15, 0.2) is 0 Å². The highest BCUT2D eigenvalue weighted by Gasteiger charge is 2.13. The van der Waals surface area contributed by atoms with E-state index in [9.17, 15) is 4.79 Å². The summed E-state index contributed by atoms with van der Waals surface area (Å²) in [5, 5.41) is 3.37. The molecule has 0 aliphatic carbocycles. The monoisotopic (exact) mass is 386 g/mol. The smallest absolute Gasteiger partial charge is 0.256 e. The second-order valence-corrected chi connectivity index (χ2v) is 5.72. The van der Waals surface area contributed by atoms with Gasteiger partial charge in [0.25, 0.3) is 5.91 Å². The molecule has 98 valence electrons. The van der Waals surface area contributed by atoms with Crippen LogP contribution < -0.4 is 11.1 Å². The molecule has 3 N–H and O–H groups in total. The maximum atomic E-state index is 12.3. The van der Waals surface area contributed by atoms with Crippen molar-refractivity contribution in [3.63, 3.8) is 0 Å². The number of hydrogen-bond acceptors (Lipinski definition) is 2. The highest BCUT2D eigenvalue weighted by molar-refractivity contribution is 14.1. The van der Waals surface area contributed by atoms with Crippen LogP contribution in [0.1, 0.15) is 15.9 Å². The lowest BCUT2D eigenvalue weighted by Crippen LogP contribution is -2.15. The summed E-state index contributed by atoms with van der Waals surface area (Å²) in [6.07, 6.45) is 0. The average molecular weight is 387 g/mol. The molecule has 0 heterocycles. The molecule has 2 rings (SSSR count). The van der Waals surface area contributed by atoms with Gasteiger partial charge >= 0.3 is 0 Å². The maximum Gasteiger partial charge on any atom is 0.256 e. The Kier molecular flexibility index (Phi) is 4.31. The quantitative estimate of drug-likeness (QED) is 0.603. The van der Waals surface area contributed by atoms with Crippen LogP contribution in [0.4, 0.5) is 11.4 Å². The first kappa shape index (κ1) is 14.1. The van der Waals surface area contributed by atoms with E-state index < -0.39 is 0 Å². The van der Waals surface area contributed by atoms with Crippen LogP contribution in [0.2, 0.25) is 5.02 Å². The Bertz CT molecular complexity index is 623. The van der Waals surface area contributed by atoms with Gasteiger partial charge in [0.2, 0.25) is 0 Å². The number of rotatable bonds is 2. The van der Waals surface area contributed by atoms with Crippen LogP contribution in [0.3, 0.4) is 0 Å². The zero-order valence-corrected chi connectivity index (χ0v) is 13.1. The average Bonchev–Trinajstić information content (AvgIpc) is 2.37. The summed E-state index contributed by atoms with van der Waals surface area (Å²) < 4.78 is 0.839. The number of nitrogens with one attached hydrogen (secondary N) is 1. The number of benzene rings is 2. The number of amides is 1. The minimum atomic E-state index is -0.215. The third kappa shape index (κ3) is 3.19. The van der Waals surface area contributed by atoms with E-state index >= 15 is 0 Å². The number of halogens is 2. The second kappa shape index (κ2) is 5.79. The first-order valence-electron chi connectivity index (χ1n) is 5.60. The number of carbonyl (C=O) groups excluding carboxylic acids is 1. The number of nitrogen functional groups attached to an aromatic ring is 1. The predicted octanol–water partition coefficient (Wildman–Crippen LogP) is 4.09. The van der Waals surface area contributed by atoms with Crippen LogP contribution in [0, 0.1) is 10.5 Å². The van der Waals surface area contributed by atoms with Crippen LogP contribution >= 0.6 is 34.2 Å². The predicted molar refractivity (Wildman–Crippen MR) is 87.7 cm³/mol. The molecule has 0 saturated heterocycles. The van der Waals surface area contributed by atoms with Crippen LogP contribution in [0.5, 0.6) is 0 Å². The fourth-order valence-electron chi connectivity index (χ4n) is 1.71. The molecule has 2 aromatic rings. The third-order valence-corrected chi connectivity index (χ3v) is 3.89. The largest absolute Gasteiger partial charge is 0.397 e. The Morgan fingerprint density at radius 3 is 2.74 bits per heavy atom. The zero-order valence-electron chi connectivity index (χ0n) is 10.2. The number of anilines is 2. The molecule has 1 amide bonds. The molecule has 5 heteroatoms. The molecule has 0 aliphatic rings. The van der Waals surface area contributed by atoms with Gasteiger partial charge in [-0.3, -0.25) is 4.79 Å². The second-order valence-electron chi connectivity index (χ2n) is 4.12. The van der Waals surface area contributed by atoms with Gasteiger partial charge in [0.05, 0.1) is 16.9 Å². The lowest BCUT2D eigenvalue weighted by molar-refractivity contribution is 0.102. The molecule has 0 aromatic heterocycles. The summed E-state index contributed by atoms with van der Waals surface area (Å²) in [6.45, 7) is 1.90. The van der Waals surface area contributed by atoms with Gasteiger partial charge in [-0.05, 0) is 59.3 Å². The fraction of sp³-hybridized carbons (Fsp3) is 0.0714. The van der Waals surface area contributed by atoms with Crippen molar-refractivity contribution in [2.75, 3.05) is 11.1 Å². The van der Waals surface area contributed by atoms with Crippen LogP contribution in [0.25, 0.3) is 0 Å². The van der Waals surface area contributed by atoms with E-state index in [4.69, 9.17) is 17.3 Å². The topological polar surface area (TPSA) is 55.1 Å². The lowest BCUT2D eigenvalue weighted by Gasteiger charge is -2.12. The van der Waals surface area contributed by atoms with Crippen LogP contribution in [0.15, 0.2) is 36.4 Å². The van der Waals surface area contributed by atoms with Crippen molar-refractivity contribution in [3.05, 3.63) is 56.1 Å². The SMILES string of the molecule is Cc1cccc(N)c1NC(=O)c1cc(Cl)ccc1I. The third-order valence-electron chi connectivity index (χ3n) is 2.72. The van der Waals surface area contributed by atoms with E-state index in [1.807, 2.05) is 19.1 Å². The van der Waals surface area contributed by atoms with Crippen molar-refractivity contribution in [1.29, 1.82) is 0 Å². The molecule has 0 aliphatic heterocycles. The van der Waals surface area contributed by atoms with E-state index in [1.54, 1.807) is 24.3 Å². The number of para-hydroxylation sites is 1. The van der Waals surface area contributed by atoms with Crippen molar-refractivity contribution in [1.82, 2.24) is 0 Å². The Balaban J connectivity index is 2.34. The number of aryl methyl sites for hydroxylation is 1. The summed E-state index contributed by atoms with van der Waals surface area (Å²) in [5.74, 6) is -0.215. The Labute approximate surface area is 130 Å². The molecule has 0 bridgehead atoms. The van der Waals surface area contributed by atoms with E-state index in [2.05, 4.69) is 27.9 Å². The van der Waals surface area contributed by atoms with Crippen molar-refractivity contribution < 1.29 is 4.79 Å². The van der Waals surface area contributed by atoms with Gasteiger partial charge in [-0.15, -0.1) is 0 Å². The van der Waals surface area contributed by atoms with E-state index in [0.29, 0.717) is 22.0 Å². The van der Waals surface area contributed by atoms with E-state index in [0.717, 1.165) is 9.13 Å². The van der Waals surface area contributed by atoms with Crippen molar-refractivity contribution in [3.8, 4) is 0 Å². The molecule has 0 radical (unpaired) electrons. The van der Waals surface area contributed by atoms with Crippen molar-refractivity contribution in [2.45, 2.75) is 6.92 Å². The summed E-state index contributed by atoms with van der Waals surface area (Å²) >= 11 is 8.02. The Morgan fingerprint density at radius 1 is 1.32 bits per heavy atom. The Morgan fingerprint density at radius 2 is 2.05 bits per heavy atom. The molecule has 2 aromatic carbocycles. The van der Waals surface area contributed by atoms with Gasteiger partial charge in [-0.1, -0.05) is 23.7 Å². The molecule has 0 fully saturated rings. The van der Waals surface area contributed by atoms with Crippen LogP contribution in [-0.2, 0) is 0 Å². The molecule has 0 saturated carbocycles. The molecular formula is C14H12ClIN2O. The van der Waals surface area contributed by atoms with Gasteiger partial charge < -0.3 is 11.1 Å². The zero-order chi connectivity index (χ0) is 14.0. The molecule has 0 spiro atoms. The fourth-order valence-corrected chi connectivity index (χ4v) is 2.47. The molecule has 3 nitrogen and oxygen atoms in total. The Hall–Kier alpha value is -1.27. The highest BCUT2D eigenvalue weighted by atomic mass is 127. The van der Waals surface area contributed by atoms with Crippen LogP contribution in [-0.4, -0.2) is 5.91 Å². The van der Waals surface area contributed by atoms with Crippen molar-refractivity contribution in [2.24, 2.45) is 0 Å². The summed E-state index contributed by atoms with van der Waals surface area (Å²) in [7, 11) is 0. The van der Waals surface area contributed by atoms with Gasteiger partial charge in [-0.25, -0.2) is 0 Å². The minimum Gasteiger partial charge on any atom is -0.397 e. The van der Waals surface area contributed by atoms with Gasteiger partial charge in [-0.2, -0.15) is 0 Å². The van der Waals surface area contributed by atoms with Gasteiger partial charge in [0.1, 0.15) is 0 Å². The number of carbonyl (C=O) groups is 1. The van der Waals surface area contributed by atoms with E-state index in [1.165, 1.54) is 0 Å². The summed E-state index contributed by atoms with van der Waals surface area (Å²) in [6, 6.07) is 10.7. The van der Waals surface area contributed by atoms with E-state index in [-0.39, 0.29) is 5.91 Å². The number of hydrogen-bond donors (Lipinski definition) is 2. The standard InChI is InChI=1S/C14H12ClIN2O/c1-8-3-2-4-12(17)13(8)18-14(19)10-7-9(15)5-6-11(10)16/h2-7H,17H2,1H3,(H,18,19). The number of nitrogens with two attached hydrogens (primary N) is 1. The summed E-state index contributed by atoms with van der Waals surface area (Å²) in [4.78, 5) is 12.3. The minimum absolute atomic E-state index is 0.215. The van der Waals surface area contributed by atoms with Crippen molar-refractivity contribution >= 4 is 51.5 Å².